The number of hydrogen-bond donors (Lipinski definition) is 0. The van der Waals surface area contributed by atoms with E-state index in [0.29, 0.717) is 12.5 Å². The van der Waals surface area contributed by atoms with Crippen molar-refractivity contribution in [3.8, 4) is 0 Å². The van der Waals surface area contributed by atoms with Gasteiger partial charge >= 0.3 is 8.80 Å². The number of carbonyl (C=O) groups excluding carboxylic acids is 1. The zero-order valence-corrected chi connectivity index (χ0v) is 12.3. The van der Waals surface area contributed by atoms with E-state index in [4.69, 9.17) is 18.0 Å². The summed E-state index contributed by atoms with van der Waals surface area (Å²) in [6, 6.07) is 0.619. The number of hydrogen-bond acceptors (Lipinski definition) is 5. The molecule has 0 aromatic rings. The molecule has 1 aliphatic heterocycles. The van der Waals surface area contributed by atoms with Crippen LogP contribution in [0.3, 0.4) is 0 Å². The molecule has 0 aromatic heterocycles. The fourth-order valence-corrected chi connectivity index (χ4v) is 3.79. The normalized spacial score (nSPS) is 20.5. The van der Waals surface area contributed by atoms with Crippen LogP contribution in [-0.4, -0.2) is 48.6 Å². The summed E-state index contributed by atoms with van der Waals surface area (Å²) in [5, 5.41) is 0. The molecule has 104 valence electrons. The van der Waals surface area contributed by atoms with Crippen LogP contribution in [0.2, 0.25) is 6.04 Å². The number of ketones is 1. The Labute approximate surface area is 109 Å². The maximum atomic E-state index is 11.8. The Kier molecular flexibility index (Phi) is 6.17. The molecule has 1 fully saturated rings. The molecule has 0 spiro atoms. The second-order valence-electron chi connectivity index (χ2n) is 4.33. The van der Waals surface area contributed by atoms with E-state index >= 15 is 0 Å². The lowest BCUT2D eigenvalue weighted by atomic mass is 9.95. The number of epoxide rings is 1. The summed E-state index contributed by atoms with van der Waals surface area (Å²) in [4.78, 5) is 11.8. The van der Waals surface area contributed by atoms with Crippen molar-refractivity contribution in [3.05, 3.63) is 12.7 Å². The first-order valence-electron chi connectivity index (χ1n) is 6.04. The summed E-state index contributed by atoms with van der Waals surface area (Å²) in [7, 11) is 2.13. The van der Waals surface area contributed by atoms with Crippen molar-refractivity contribution in [1.82, 2.24) is 0 Å². The molecule has 2 atom stereocenters. The molecule has 1 heterocycles. The van der Waals surface area contributed by atoms with Crippen LogP contribution in [0.25, 0.3) is 0 Å². The minimum Gasteiger partial charge on any atom is -0.377 e. The summed E-state index contributed by atoms with van der Waals surface area (Å²) in [5.41, 5.74) is 0. The van der Waals surface area contributed by atoms with Gasteiger partial charge in [-0.15, -0.1) is 0 Å². The Hall–Kier alpha value is -0.533. The van der Waals surface area contributed by atoms with Gasteiger partial charge in [0, 0.05) is 33.3 Å². The first-order chi connectivity index (χ1) is 8.60. The van der Waals surface area contributed by atoms with E-state index in [2.05, 4.69) is 6.58 Å². The van der Waals surface area contributed by atoms with E-state index in [0.717, 1.165) is 13.0 Å². The first-order valence-corrected chi connectivity index (χ1v) is 7.97. The van der Waals surface area contributed by atoms with Crippen LogP contribution in [0.5, 0.6) is 0 Å². The van der Waals surface area contributed by atoms with Gasteiger partial charge in [-0.05, 0) is 18.9 Å². The van der Waals surface area contributed by atoms with Gasteiger partial charge in [-0.25, -0.2) is 0 Å². The zero-order valence-electron chi connectivity index (χ0n) is 11.3. The van der Waals surface area contributed by atoms with Gasteiger partial charge in [0.05, 0.1) is 12.7 Å². The van der Waals surface area contributed by atoms with Crippen molar-refractivity contribution < 1.29 is 22.8 Å². The molecule has 18 heavy (non-hydrogen) atoms. The molecule has 1 rings (SSSR count). The molecule has 6 heteroatoms. The van der Waals surface area contributed by atoms with Crippen LogP contribution >= 0.6 is 0 Å². The summed E-state index contributed by atoms with van der Waals surface area (Å²) in [6.45, 7) is 4.29. The Bertz CT molecular complexity index is 278. The van der Waals surface area contributed by atoms with Gasteiger partial charge in [-0.3, -0.25) is 4.79 Å². The maximum absolute atomic E-state index is 11.8. The molecule has 2 unspecified atom stereocenters. The molecule has 0 N–H and O–H groups in total. The SMILES string of the molecule is C=CC(=O)C(CC[Si](OC)(OC)OC)CC1CO1. The standard InChI is InChI=1S/C12H22O5Si/c1-5-12(13)10(8-11-9-17-11)6-7-18(14-2,15-3)16-4/h5,10-11H,1,6-9H2,2-4H3. The van der Waals surface area contributed by atoms with Gasteiger partial charge in [0.2, 0.25) is 0 Å². The number of rotatable bonds is 10. The first kappa shape index (κ1) is 15.5. The Morgan fingerprint density at radius 3 is 2.39 bits per heavy atom. The van der Waals surface area contributed by atoms with Crippen molar-refractivity contribution in [2.75, 3.05) is 27.9 Å². The lowest BCUT2D eigenvalue weighted by Crippen LogP contribution is -2.43. The van der Waals surface area contributed by atoms with Gasteiger partial charge in [0.15, 0.2) is 5.78 Å². The molecule has 0 saturated carbocycles. The van der Waals surface area contributed by atoms with Crippen molar-refractivity contribution in [2.45, 2.75) is 25.0 Å². The summed E-state index contributed by atoms with van der Waals surface area (Å²) >= 11 is 0. The lowest BCUT2D eigenvalue weighted by molar-refractivity contribution is -0.118. The zero-order chi connectivity index (χ0) is 13.6. The van der Waals surface area contributed by atoms with E-state index in [-0.39, 0.29) is 17.8 Å². The van der Waals surface area contributed by atoms with Crippen molar-refractivity contribution >= 4 is 14.6 Å². The van der Waals surface area contributed by atoms with Gasteiger partial charge in [0.25, 0.3) is 0 Å². The average Bonchev–Trinajstić information content (AvgIpc) is 3.22. The number of ether oxygens (including phenoxy) is 1. The van der Waals surface area contributed by atoms with Gasteiger partial charge in [-0.1, -0.05) is 6.58 Å². The van der Waals surface area contributed by atoms with Crippen LogP contribution in [0.1, 0.15) is 12.8 Å². The summed E-state index contributed by atoms with van der Waals surface area (Å²) in [6.07, 6.45) is 3.02. The quantitative estimate of drug-likeness (QED) is 0.342. The third kappa shape index (κ3) is 4.29. The maximum Gasteiger partial charge on any atom is 0.500 e. The van der Waals surface area contributed by atoms with Crippen molar-refractivity contribution in [2.24, 2.45) is 5.92 Å². The van der Waals surface area contributed by atoms with Crippen LogP contribution in [0.15, 0.2) is 12.7 Å². The molecular weight excluding hydrogens is 252 g/mol. The van der Waals surface area contributed by atoms with E-state index < -0.39 is 8.80 Å². The Morgan fingerprint density at radius 2 is 2.00 bits per heavy atom. The predicted octanol–water partition coefficient (Wildman–Crippen LogP) is 1.41. The van der Waals surface area contributed by atoms with E-state index in [9.17, 15) is 4.79 Å². The topological polar surface area (TPSA) is 57.3 Å². The van der Waals surface area contributed by atoms with E-state index in [1.807, 2.05) is 0 Å². The van der Waals surface area contributed by atoms with Gasteiger partial charge in [-0.2, -0.15) is 0 Å². The highest BCUT2D eigenvalue weighted by Gasteiger charge is 2.39. The molecule has 0 aliphatic carbocycles. The fourth-order valence-electron chi connectivity index (χ4n) is 1.97. The summed E-state index contributed by atoms with van der Waals surface area (Å²) in [5.74, 6) is -0.0287. The Balaban J connectivity index is 2.53. The molecule has 0 bridgehead atoms. The fraction of sp³-hybridized carbons (Fsp3) is 0.750. The molecule has 0 radical (unpaired) electrons. The average molecular weight is 274 g/mol. The molecule has 1 aliphatic rings. The largest absolute Gasteiger partial charge is 0.500 e. The monoisotopic (exact) mass is 274 g/mol. The Morgan fingerprint density at radius 1 is 1.44 bits per heavy atom. The highest BCUT2D eigenvalue weighted by Crippen LogP contribution is 2.27. The third-order valence-electron chi connectivity index (χ3n) is 3.29. The molecule has 1 saturated heterocycles. The highest BCUT2D eigenvalue weighted by molar-refractivity contribution is 6.60. The number of carbonyl (C=O) groups is 1. The van der Waals surface area contributed by atoms with E-state index in [1.165, 1.54) is 6.08 Å². The van der Waals surface area contributed by atoms with Crippen molar-refractivity contribution in [1.29, 1.82) is 0 Å². The molecule has 0 amide bonds. The number of allylic oxidation sites excluding steroid dienone is 1. The second kappa shape index (κ2) is 7.15. The second-order valence-corrected chi connectivity index (χ2v) is 7.42. The molecule has 5 nitrogen and oxygen atoms in total. The molecule has 0 aromatic carbocycles. The van der Waals surface area contributed by atoms with E-state index in [1.54, 1.807) is 21.3 Å². The predicted molar refractivity (Wildman–Crippen MR) is 69.3 cm³/mol. The summed E-state index contributed by atoms with van der Waals surface area (Å²) < 4.78 is 21.2. The van der Waals surface area contributed by atoms with Crippen LogP contribution < -0.4 is 0 Å². The van der Waals surface area contributed by atoms with Crippen LogP contribution in [-0.2, 0) is 22.8 Å². The van der Waals surface area contributed by atoms with Gasteiger partial charge in [0.1, 0.15) is 0 Å². The van der Waals surface area contributed by atoms with Crippen LogP contribution in [0.4, 0.5) is 0 Å². The third-order valence-corrected chi connectivity index (χ3v) is 6.05. The van der Waals surface area contributed by atoms with Gasteiger partial charge < -0.3 is 18.0 Å². The van der Waals surface area contributed by atoms with Crippen molar-refractivity contribution in [3.63, 3.8) is 0 Å². The smallest absolute Gasteiger partial charge is 0.377 e. The van der Waals surface area contributed by atoms with Crippen LogP contribution in [0, 0.1) is 5.92 Å². The minimum absolute atomic E-state index is 0.0525. The molecular formula is C12H22O5Si. The lowest BCUT2D eigenvalue weighted by Gasteiger charge is -2.25. The minimum atomic E-state index is -2.60. The highest BCUT2D eigenvalue weighted by atomic mass is 28.4.